The number of pyridine rings is 1. The van der Waals surface area contributed by atoms with Gasteiger partial charge in [0.15, 0.2) is 5.76 Å². The number of nitrogens with zero attached hydrogens (tertiary/aromatic N) is 2. The van der Waals surface area contributed by atoms with Gasteiger partial charge in [-0.25, -0.2) is 9.37 Å². The molecule has 2 aromatic heterocycles. The highest BCUT2D eigenvalue weighted by atomic mass is 79.9. The summed E-state index contributed by atoms with van der Waals surface area (Å²) in [7, 11) is 0. The lowest BCUT2D eigenvalue weighted by Crippen LogP contribution is -2.42. The number of benzene rings is 1. The van der Waals surface area contributed by atoms with Gasteiger partial charge in [0, 0.05) is 30.6 Å². The van der Waals surface area contributed by atoms with Gasteiger partial charge in [-0.05, 0) is 59.1 Å². The Morgan fingerprint density at radius 3 is 2.81 bits per heavy atom. The average molecular weight is 418 g/mol. The van der Waals surface area contributed by atoms with Gasteiger partial charge >= 0.3 is 0 Å². The van der Waals surface area contributed by atoms with Crippen LogP contribution >= 0.6 is 15.9 Å². The number of likely N-dealkylation sites (tertiary alicyclic amines) is 1. The number of carbonyl (C=O) groups excluding carboxylic acids is 1. The van der Waals surface area contributed by atoms with E-state index in [9.17, 15) is 9.18 Å². The van der Waals surface area contributed by atoms with Crippen molar-refractivity contribution in [3.05, 3.63) is 58.7 Å². The third kappa shape index (κ3) is 3.44. The molecular weight excluding hydrogens is 401 g/mol. The van der Waals surface area contributed by atoms with E-state index in [1.165, 1.54) is 12.3 Å². The predicted molar refractivity (Wildman–Crippen MR) is 101 cm³/mol. The van der Waals surface area contributed by atoms with Gasteiger partial charge in [-0.3, -0.25) is 4.79 Å². The van der Waals surface area contributed by atoms with Crippen LogP contribution in [0.4, 0.5) is 10.2 Å². The van der Waals surface area contributed by atoms with Crippen molar-refractivity contribution in [3.8, 4) is 0 Å². The van der Waals surface area contributed by atoms with Crippen LogP contribution in [0, 0.1) is 5.82 Å². The standard InChI is InChI=1S/C19H17BrFN3O2/c20-14-10-12-3-4-18(23-16(12)11-15(14)21)22-13-5-7-24(8-6-13)19(25)17-2-1-9-26-17/h1-4,9-11,13H,5-8H2,(H,22,23). The topological polar surface area (TPSA) is 58.4 Å². The van der Waals surface area contributed by atoms with Crippen LogP contribution in [0.15, 0.2) is 51.6 Å². The molecule has 0 spiro atoms. The first-order chi connectivity index (χ1) is 12.6. The van der Waals surface area contributed by atoms with Crippen LogP contribution in [-0.4, -0.2) is 34.9 Å². The third-order valence-corrected chi connectivity index (χ3v) is 5.21. The van der Waals surface area contributed by atoms with E-state index in [-0.39, 0.29) is 17.8 Å². The number of carbonyl (C=O) groups is 1. The summed E-state index contributed by atoms with van der Waals surface area (Å²) >= 11 is 3.19. The summed E-state index contributed by atoms with van der Waals surface area (Å²) < 4.78 is 19.3. The number of rotatable bonds is 3. The zero-order valence-corrected chi connectivity index (χ0v) is 15.5. The first-order valence-corrected chi connectivity index (χ1v) is 9.24. The van der Waals surface area contributed by atoms with Crippen molar-refractivity contribution in [2.45, 2.75) is 18.9 Å². The summed E-state index contributed by atoms with van der Waals surface area (Å²) in [5, 5.41) is 4.27. The molecule has 5 nitrogen and oxygen atoms in total. The van der Waals surface area contributed by atoms with Gasteiger partial charge in [0.25, 0.3) is 5.91 Å². The molecule has 7 heteroatoms. The Hall–Kier alpha value is -2.41. The molecule has 0 unspecified atom stereocenters. The van der Waals surface area contributed by atoms with E-state index in [0.717, 1.165) is 24.0 Å². The van der Waals surface area contributed by atoms with E-state index < -0.39 is 0 Å². The van der Waals surface area contributed by atoms with Crippen LogP contribution < -0.4 is 5.32 Å². The monoisotopic (exact) mass is 417 g/mol. The molecule has 1 saturated heterocycles. The Morgan fingerprint density at radius 1 is 1.27 bits per heavy atom. The van der Waals surface area contributed by atoms with Gasteiger partial charge in [-0.2, -0.15) is 0 Å². The lowest BCUT2D eigenvalue weighted by molar-refractivity contribution is 0.0686. The molecule has 1 aliphatic heterocycles. The molecule has 0 saturated carbocycles. The minimum Gasteiger partial charge on any atom is -0.459 e. The van der Waals surface area contributed by atoms with Gasteiger partial charge in [-0.15, -0.1) is 0 Å². The number of hydrogen-bond acceptors (Lipinski definition) is 4. The largest absolute Gasteiger partial charge is 0.459 e. The predicted octanol–water partition coefficient (Wildman–Crippen LogP) is 4.45. The van der Waals surface area contributed by atoms with E-state index in [4.69, 9.17) is 4.42 Å². The van der Waals surface area contributed by atoms with E-state index >= 15 is 0 Å². The highest BCUT2D eigenvalue weighted by Crippen LogP contribution is 2.24. The molecule has 1 fully saturated rings. The number of anilines is 1. The fraction of sp³-hybridized carbons (Fsp3) is 0.263. The van der Waals surface area contributed by atoms with Gasteiger partial charge in [0.2, 0.25) is 0 Å². The number of amides is 1. The quantitative estimate of drug-likeness (QED) is 0.683. The number of furan rings is 1. The maximum atomic E-state index is 13.7. The number of aromatic nitrogens is 1. The zero-order valence-electron chi connectivity index (χ0n) is 13.9. The lowest BCUT2D eigenvalue weighted by atomic mass is 10.0. The molecule has 0 bridgehead atoms. The molecule has 3 aromatic rings. The smallest absolute Gasteiger partial charge is 0.289 e. The fourth-order valence-electron chi connectivity index (χ4n) is 3.19. The minimum atomic E-state index is -0.327. The van der Waals surface area contributed by atoms with E-state index in [0.29, 0.717) is 28.8 Å². The summed E-state index contributed by atoms with van der Waals surface area (Å²) in [6, 6.07) is 10.6. The fourth-order valence-corrected chi connectivity index (χ4v) is 3.55. The molecule has 134 valence electrons. The van der Waals surface area contributed by atoms with Gasteiger partial charge in [0.1, 0.15) is 11.6 Å². The Bertz CT molecular complexity index is 937. The molecular formula is C19H17BrFN3O2. The normalized spacial score (nSPS) is 15.4. The van der Waals surface area contributed by atoms with Crippen molar-refractivity contribution in [1.29, 1.82) is 0 Å². The van der Waals surface area contributed by atoms with Crippen molar-refractivity contribution in [1.82, 2.24) is 9.88 Å². The van der Waals surface area contributed by atoms with E-state index in [1.807, 2.05) is 12.1 Å². The maximum Gasteiger partial charge on any atom is 0.289 e. The molecule has 1 aromatic carbocycles. The first-order valence-electron chi connectivity index (χ1n) is 8.45. The molecule has 26 heavy (non-hydrogen) atoms. The minimum absolute atomic E-state index is 0.0710. The molecule has 4 rings (SSSR count). The Labute approximate surface area is 158 Å². The van der Waals surface area contributed by atoms with Gasteiger partial charge < -0.3 is 14.6 Å². The zero-order chi connectivity index (χ0) is 18.1. The van der Waals surface area contributed by atoms with Crippen molar-refractivity contribution >= 4 is 38.6 Å². The molecule has 0 aliphatic carbocycles. The molecule has 1 aliphatic rings. The van der Waals surface area contributed by atoms with Gasteiger partial charge in [-0.1, -0.05) is 0 Å². The number of piperidine rings is 1. The van der Waals surface area contributed by atoms with Crippen LogP contribution in [0.25, 0.3) is 10.9 Å². The van der Waals surface area contributed by atoms with Crippen molar-refractivity contribution < 1.29 is 13.6 Å². The average Bonchev–Trinajstić information content (AvgIpc) is 3.18. The van der Waals surface area contributed by atoms with E-state index in [1.54, 1.807) is 23.1 Å². The number of halogens is 2. The number of fused-ring (bicyclic) bond motifs is 1. The van der Waals surface area contributed by atoms with Crippen molar-refractivity contribution in [3.63, 3.8) is 0 Å². The summed E-state index contributed by atoms with van der Waals surface area (Å²) in [5.74, 6) is 0.695. The highest BCUT2D eigenvalue weighted by molar-refractivity contribution is 9.10. The molecule has 0 atom stereocenters. The molecule has 3 heterocycles. The van der Waals surface area contributed by atoms with Crippen LogP contribution in [0.2, 0.25) is 0 Å². The van der Waals surface area contributed by atoms with E-state index in [2.05, 4.69) is 26.2 Å². The van der Waals surface area contributed by atoms with Crippen LogP contribution in [-0.2, 0) is 0 Å². The maximum absolute atomic E-state index is 13.7. The van der Waals surface area contributed by atoms with Crippen molar-refractivity contribution in [2.24, 2.45) is 0 Å². The second kappa shape index (κ2) is 7.07. The molecule has 1 amide bonds. The summed E-state index contributed by atoms with van der Waals surface area (Å²) in [6.45, 7) is 1.32. The SMILES string of the molecule is O=C(c1ccco1)N1CCC(Nc2ccc3cc(Br)c(F)cc3n2)CC1. The second-order valence-electron chi connectivity index (χ2n) is 6.34. The van der Waals surface area contributed by atoms with Crippen molar-refractivity contribution in [2.75, 3.05) is 18.4 Å². The first kappa shape index (κ1) is 17.0. The Morgan fingerprint density at radius 2 is 2.08 bits per heavy atom. The van der Waals surface area contributed by atoms with Crippen LogP contribution in [0.3, 0.4) is 0 Å². The van der Waals surface area contributed by atoms with Crippen LogP contribution in [0.5, 0.6) is 0 Å². The molecule has 1 N–H and O–H groups in total. The summed E-state index contributed by atoms with van der Waals surface area (Å²) in [5.41, 5.74) is 0.612. The van der Waals surface area contributed by atoms with Gasteiger partial charge in [0.05, 0.1) is 16.3 Å². The number of nitrogens with one attached hydrogen (secondary N) is 1. The van der Waals surface area contributed by atoms with Crippen LogP contribution in [0.1, 0.15) is 23.4 Å². The summed E-state index contributed by atoms with van der Waals surface area (Å²) in [6.07, 6.45) is 3.15. The second-order valence-corrected chi connectivity index (χ2v) is 7.20. The Balaban J connectivity index is 1.40. The summed E-state index contributed by atoms with van der Waals surface area (Å²) in [4.78, 5) is 18.6. The Kier molecular flexibility index (Phi) is 4.63. The lowest BCUT2D eigenvalue weighted by Gasteiger charge is -2.32. The molecule has 0 radical (unpaired) electrons. The highest BCUT2D eigenvalue weighted by Gasteiger charge is 2.25. The third-order valence-electron chi connectivity index (χ3n) is 4.60. The number of hydrogen-bond donors (Lipinski definition) is 1.